The van der Waals surface area contributed by atoms with Crippen LogP contribution in [-0.2, 0) is 16.9 Å². The predicted molar refractivity (Wildman–Crippen MR) is 114 cm³/mol. The second kappa shape index (κ2) is 11.6. The molecule has 0 saturated carbocycles. The lowest BCUT2D eigenvalue weighted by Crippen LogP contribution is -2.28. The summed E-state index contributed by atoms with van der Waals surface area (Å²) in [4.78, 5) is 2.15. The van der Waals surface area contributed by atoms with Crippen molar-refractivity contribution in [1.29, 1.82) is 5.26 Å². The highest BCUT2D eigenvalue weighted by atomic mass is 19.1. The molecular weight excluding hydrogens is 351 g/mol. The Hall–Kier alpha value is -2.22. The minimum absolute atomic E-state index is 0.250. The Bertz CT molecular complexity index is 765. The molecule has 1 aliphatic heterocycles. The maximum Gasteiger partial charge on any atom is 0.123 e. The van der Waals surface area contributed by atoms with E-state index in [9.17, 15) is 4.39 Å². The lowest BCUT2D eigenvalue weighted by Gasteiger charge is -2.31. The van der Waals surface area contributed by atoms with Gasteiger partial charge in [-0.2, -0.15) is 5.26 Å². The van der Waals surface area contributed by atoms with Gasteiger partial charge in [-0.15, -0.1) is 0 Å². The summed E-state index contributed by atoms with van der Waals surface area (Å²) in [6.45, 7) is 9.43. The van der Waals surface area contributed by atoms with Gasteiger partial charge in [0.05, 0.1) is 18.2 Å². The Morgan fingerprint density at radius 1 is 1.07 bits per heavy atom. The zero-order chi connectivity index (χ0) is 21.2. The molecule has 0 fully saturated rings. The van der Waals surface area contributed by atoms with Crippen molar-refractivity contribution in [3.63, 3.8) is 0 Å². The van der Waals surface area contributed by atoms with Gasteiger partial charge in [0.15, 0.2) is 0 Å². The number of nitriles is 1. The van der Waals surface area contributed by atoms with Crippen molar-refractivity contribution in [3.8, 4) is 6.07 Å². The Kier molecular flexibility index (Phi) is 9.85. The van der Waals surface area contributed by atoms with Crippen molar-refractivity contribution in [2.24, 2.45) is 0 Å². The fraction of sp³-hybridized carbons (Fsp3) is 0.458. The molecule has 2 aromatic rings. The van der Waals surface area contributed by atoms with Gasteiger partial charge in [-0.05, 0) is 74.4 Å². The van der Waals surface area contributed by atoms with Gasteiger partial charge in [-0.1, -0.05) is 45.9 Å². The zero-order valence-electron chi connectivity index (χ0n) is 18.1. The summed E-state index contributed by atoms with van der Waals surface area (Å²) in [5, 5.41) is 9.11. The summed E-state index contributed by atoms with van der Waals surface area (Å²) in [5.41, 5.74) is 3.18. The molecule has 4 heteroatoms. The number of nitrogens with zero attached hydrogens (tertiary/aromatic N) is 2. The van der Waals surface area contributed by atoms with E-state index in [1.54, 1.807) is 12.1 Å². The maximum absolute atomic E-state index is 13.4. The van der Waals surface area contributed by atoms with Gasteiger partial charge >= 0.3 is 0 Å². The van der Waals surface area contributed by atoms with Crippen LogP contribution < -0.4 is 0 Å². The average molecular weight is 385 g/mol. The Labute approximate surface area is 169 Å². The first kappa shape index (κ1) is 23.8. The molecule has 1 aliphatic rings. The molecule has 0 N–H and O–H groups in total. The second-order valence-electron chi connectivity index (χ2n) is 6.51. The molecular formula is C24H33FN2O. The van der Waals surface area contributed by atoms with E-state index in [1.807, 2.05) is 60.0 Å². The largest absolute Gasteiger partial charge is 0.361 e. The normalized spacial score (nSPS) is 17.0. The van der Waals surface area contributed by atoms with Crippen molar-refractivity contribution in [2.75, 3.05) is 20.6 Å². The van der Waals surface area contributed by atoms with Crippen LogP contribution in [0.15, 0.2) is 42.5 Å². The van der Waals surface area contributed by atoms with Crippen molar-refractivity contribution in [3.05, 3.63) is 70.5 Å². The molecule has 1 unspecified atom stereocenters. The molecule has 1 heterocycles. The molecule has 28 heavy (non-hydrogen) atoms. The molecule has 0 amide bonds. The van der Waals surface area contributed by atoms with Crippen molar-refractivity contribution in [2.45, 2.75) is 52.7 Å². The van der Waals surface area contributed by atoms with Gasteiger partial charge in [0.2, 0.25) is 0 Å². The summed E-state index contributed by atoms with van der Waals surface area (Å²) in [6, 6.07) is 14.5. The van der Waals surface area contributed by atoms with Gasteiger partial charge in [0.25, 0.3) is 0 Å². The van der Waals surface area contributed by atoms with Crippen molar-refractivity contribution >= 4 is 0 Å². The Morgan fingerprint density at radius 2 is 1.71 bits per heavy atom. The molecule has 2 aromatic carbocycles. The van der Waals surface area contributed by atoms with Crippen LogP contribution in [0.4, 0.5) is 4.39 Å². The highest BCUT2D eigenvalue weighted by molar-refractivity contribution is 5.47. The van der Waals surface area contributed by atoms with Crippen LogP contribution in [0.5, 0.6) is 0 Å². The smallest absolute Gasteiger partial charge is 0.123 e. The molecule has 152 valence electrons. The lowest BCUT2D eigenvalue weighted by atomic mass is 9.81. The number of halogens is 1. The van der Waals surface area contributed by atoms with E-state index < -0.39 is 5.60 Å². The van der Waals surface area contributed by atoms with Crippen LogP contribution in [0.25, 0.3) is 0 Å². The number of ether oxygens (including phenoxy) is 1. The van der Waals surface area contributed by atoms with E-state index in [0.717, 1.165) is 36.1 Å². The molecule has 3 nitrogen and oxygen atoms in total. The van der Waals surface area contributed by atoms with Gasteiger partial charge < -0.3 is 9.64 Å². The van der Waals surface area contributed by atoms with E-state index in [1.165, 1.54) is 12.1 Å². The molecule has 3 rings (SSSR count). The van der Waals surface area contributed by atoms with Crippen LogP contribution in [0, 0.1) is 17.1 Å². The summed E-state index contributed by atoms with van der Waals surface area (Å²) < 4.78 is 19.6. The number of fused-ring (bicyclic) bond motifs is 1. The predicted octanol–water partition coefficient (Wildman–Crippen LogP) is 5.87. The Morgan fingerprint density at radius 3 is 2.29 bits per heavy atom. The molecule has 0 saturated heterocycles. The third-order valence-electron chi connectivity index (χ3n) is 4.59. The van der Waals surface area contributed by atoms with Gasteiger partial charge in [0, 0.05) is 0 Å². The van der Waals surface area contributed by atoms with Crippen LogP contribution >= 0.6 is 0 Å². The van der Waals surface area contributed by atoms with Crippen LogP contribution in [0.2, 0.25) is 0 Å². The van der Waals surface area contributed by atoms with Crippen LogP contribution in [0.1, 0.15) is 62.8 Å². The van der Waals surface area contributed by atoms with Crippen LogP contribution in [-0.4, -0.2) is 25.5 Å². The summed E-state index contributed by atoms with van der Waals surface area (Å²) >= 11 is 0. The number of benzene rings is 2. The second-order valence-corrected chi connectivity index (χ2v) is 6.51. The zero-order valence-corrected chi connectivity index (χ0v) is 18.1. The fourth-order valence-electron chi connectivity index (χ4n) is 3.41. The average Bonchev–Trinajstić information content (AvgIpc) is 3.10. The van der Waals surface area contributed by atoms with E-state index >= 15 is 0 Å². The minimum Gasteiger partial charge on any atom is -0.361 e. The molecule has 0 bridgehead atoms. The molecule has 1 atom stereocenters. The highest BCUT2D eigenvalue weighted by Gasteiger charge is 2.41. The molecule has 0 radical (unpaired) electrons. The van der Waals surface area contributed by atoms with E-state index in [4.69, 9.17) is 10.00 Å². The summed E-state index contributed by atoms with van der Waals surface area (Å²) in [5.74, 6) is -0.250. The van der Waals surface area contributed by atoms with Gasteiger partial charge in [-0.25, -0.2) is 4.39 Å². The van der Waals surface area contributed by atoms with E-state index in [2.05, 4.69) is 11.0 Å². The monoisotopic (exact) mass is 384 g/mol. The van der Waals surface area contributed by atoms with Gasteiger partial charge in [0.1, 0.15) is 11.4 Å². The van der Waals surface area contributed by atoms with Crippen LogP contribution in [0.3, 0.4) is 0 Å². The number of hydrogen-bond acceptors (Lipinski definition) is 3. The first-order valence-electron chi connectivity index (χ1n) is 10.1. The third-order valence-corrected chi connectivity index (χ3v) is 4.59. The molecule has 0 spiro atoms. The maximum atomic E-state index is 13.4. The number of hydrogen-bond donors (Lipinski definition) is 0. The minimum atomic E-state index is -0.562. The SMILES string of the molecule is CC.CC.CN(C)CCCC1(c2ccc(F)cc2)OCc2cc(C#N)ccc21. The Balaban J connectivity index is 0.000000921. The fourth-order valence-corrected chi connectivity index (χ4v) is 3.41. The quantitative estimate of drug-likeness (QED) is 0.647. The highest BCUT2D eigenvalue weighted by Crippen LogP contribution is 2.45. The first-order valence-corrected chi connectivity index (χ1v) is 10.1. The molecule has 0 aliphatic carbocycles. The number of rotatable bonds is 5. The van der Waals surface area contributed by atoms with E-state index in [0.29, 0.717) is 12.2 Å². The topological polar surface area (TPSA) is 36.3 Å². The summed E-state index contributed by atoms with van der Waals surface area (Å²) in [7, 11) is 4.10. The van der Waals surface area contributed by atoms with Gasteiger partial charge in [-0.3, -0.25) is 0 Å². The molecule has 0 aromatic heterocycles. The third kappa shape index (κ3) is 5.41. The summed E-state index contributed by atoms with van der Waals surface area (Å²) in [6.07, 6.45) is 1.78. The first-order chi connectivity index (χ1) is 13.5. The van der Waals surface area contributed by atoms with Crippen molar-refractivity contribution in [1.82, 2.24) is 4.90 Å². The van der Waals surface area contributed by atoms with Crippen molar-refractivity contribution < 1.29 is 9.13 Å². The lowest BCUT2D eigenvalue weighted by molar-refractivity contribution is -0.0140. The standard InChI is InChI=1S/C20H21FN2O.2C2H6/c1-23(2)11-3-10-20(17-5-7-18(21)8-6-17)19-9-4-15(13-22)12-16(19)14-24-20;2*1-2/h4-9,12H,3,10-11,14H2,1-2H3;2*1-2H3. The van der Waals surface area contributed by atoms with E-state index in [-0.39, 0.29) is 5.82 Å².